The summed E-state index contributed by atoms with van der Waals surface area (Å²) in [5, 5.41) is 11.1. The van der Waals surface area contributed by atoms with Crippen molar-refractivity contribution in [3.63, 3.8) is 0 Å². The number of aliphatic hydroxyl groups is 1. The first-order valence-corrected chi connectivity index (χ1v) is 11.8. The van der Waals surface area contributed by atoms with E-state index >= 15 is 0 Å². The maximum atomic E-state index is 13.8. The number of hydrogen-bond acceptors (Lipinski definition) is 5. The predicted octanol–water partition coefficient (Wildman–Crippen LogP) is 4.81. The fraction of sp³-hybridized carbons (Fsp3) is 0.286. The summed E-state index contributed by atoms with van der Waals surface area (Å²) in [4.78, 5) is 30.4. The summed E-state index contributed by atoms with van der Waals surface area (Å²) in [6.07, 6.45) is 2.89. The maximum absolute atomic E-state index is 13.8. The Balaban J connectivity index is 1.44. The molecule has 0 saturated carbocycles. The van der Waals surface area contributed by atoms with Crippen LogP contribution in [0.1, 0.15) is 41.3 Å². The molecule has 35 heavy (non-hydrogen) atoms. The second-order valence-corrected chi connectivity index (χ2v) is 9.18. The Labute approximate surface area is 203 Å². The van der Waals surface area contributed by atoms with E-state index in [4.69, 9.17) is 4.42 Å². The van der Waals surface area contributed by atoms with Crippen molar-refractivity contribution in [2.75, 3.05) is 13.1 Å². The number of ketones is 1. The standard InChI is InChI=1S/C28H27FN2O4/c1-18-16-20(9-10-22(18)29)26(32)24-25(23-8-5-15-35-23)31(28(34)27(24)33)21-11-13-30(14-12-21)17-19-6-3-2-4-7-19/h2-10,15-16,21,25,32H,11-14,17H2,1H3/b26-24-. The van der Waals surface area contributed by atoms with Gasteiger partial charge >= 0.3 is 0 Å². The molecule has 180 valence electrons. The third-order valence-corrected chi connectivity index (χ3v) is 6.92. The van der Waals surface area contributed by atoms with E-state index < -0.39 is 23.5 Å². The first kappa shape index (κ1) is 23.1. The molecule has 1 aromatic heterocycles. The lowest BCUT2D eigenvalue weighted by atomic mass is 9.96. The second kappa shape index (κ2) is 9.50. The van der Waals surface area contributed by atoms with Gasteiger partial charge in [0.15, 0.2) is 0 Å². The molecule has 1 amide bonds. The number of benzene rings is 2. The molecule has 1 N–H and O–H groups in total. The molecule has 1 atom stereocenters. The number of piperidine rings is 1. The van der Waals surface area contributed by atoms with E-state index in [1.807, 2.05) is 18.2 Å². The zero-order valence-corrected chi connectivity index (χ0v) is 19.5. The smallest absolute Gasteiger partial charge is 0.296 e. The van der Waals surface area contributed by atoms with Crippen molar-refractivity contribution in [1.82, 2.24) is 9.80 Å². The van der Waals surface area contributed by atoms with Crippen LogP contribution in [0.5, 0.6) is 0 Å². The summed E-state index contributed by atoms with van der Waals surface area (Å²) in [5.41, 5.74) is 1.83. The van der Waals surface area contributed by atoms with Gasteiger partial charge in [0, 0.05) is 31.2 Å². The summed E-state index contributed by atoms with van der Waals surface area (Å²) in [6, 6.07) is 16.7. The van der Waals surface area contributed by atoms with Gasteiger partial charge in [-0.1, -0.05) is 30.3 Å². The fourth-order valence-corrected chi connectivity index (χ4v) is 5.10. The molecular weight excluding hydrogens is 447 g/mol. The van der Waals surface area contributed by atoms with Crippen molar-refractivity contribution in [3.8, 4) is 0 Å². The third-order valence-electron chi connectivity index (χ3n) is 6.92. The highest BCUT2D eigenvalue weighted by Crippen LogP contribution is 2.42. The fourth-order valence-electron chi connectivity index (χ4n) is 5.10. The van der Waals surface area contributed by atoms with Crippen molar-refractivity contribution in [2.24, 2.45) is 0 Å². The number of aryl methyl sites for hydroxylation is 1. The van der Waals surface area contributed by atoms with Gasteiger partial charge in [0.1, 0.15) is 23.4 Å². The summed E-state index contributed by atoms with van der Waals surface area (Å²) < 4.78 is 19.4. The van der Waals surface area contributed by atoms with Crippen LogP contribution in [-0.4, -0.2) is 45.7 Å². The van der Waals surface area contributed by atoms with Crippen molar-refractivity contribution in [2.45, 2.75) is 38.4 Å². The SMILES string of the molecule is Cc1cc(/C(O)=C2/C(=O)C(=O)N(C3CCN(Cc4ccccc4)CC3)C2c2ccco2)ccc1F. The summed E-state index contributed by atoms with van der Waals surface area (Å²) in [7, 11) is 0. The van der Waals surface area contributed by atoms with Crippen LogP contribution in [0.2, 0.25) is 0 Å². The molecule has 2 fully saturated rings. The molecule has 7 heteroatoms. The van der Waals surface area contributed by atoms with Crippen LogP contribution in [0.3, 0.4) is 0 Å². The van der Waals surface area contributed by atoms with E-state index in [1.54, 1.807) is 24.0 Å². The van der Waals surface area contributed by atoms with E-state index in [0.717, 1.165) is 19.6 Å². The lowest BCUT2D eigenvalue weighted by Gasteiger charge is -2.38. The number of amides is 1. The van der Waals surface area contributed by atoms with Crippen molar-refractivity contribution in [1.29, 1.82) is 0 Å². The van der Waals surface area contributed by atoms with Crippen LogP contribution in [0.15, 0.2) is 76.9 Å². The molecule has 2 aromatic carbocycles. The number of likely N-dealkylation sites (tertiary alicyclic amines) is 2. The molecule has 0 bridgehead atoms. The summed E-state index contributed by atoms with van der Waals surface area (Å²) in [5.74, 6) is -1.72. The van der Waals surface area contributed by atoms with E-state index in [9.17, 15) is 19.1 Å². The molecule has 0 spiro atoms. The molecule has 6 nitrogen and oxygen atoms in total. The maximum Gasteiger partial charge on any atom is 0.296 e. The van der Waals surface area contributed by atoms with Gasteiger partial charge in [0.05, 0.1) is 11.8 Å². The molecule has 5 rings (SSSR count). The Morgan fingerprint density at radius 1 is 1.06 bits per heavy atom. The van der Waals surface area contributed by atoms with Gasteiger partial charge in [0.25, 0.3) is 11.7 Å². The van der Waals surface area contributed by atoms with Crippen LogP contribution in [0.25, 0.3) is 5.76 Å². The van der Waals surface area contributed by atoms with Gasteiger partial charge in [-0.15, -0.1) is 0 Å². The van der Waals surface area contributed by atoms with Gasteiger partial charge in [-0.05, 0) is 61.2 Å². The quantitative estimate of drug-likeness (QED) is 0.326. The van der Waals surface area contributed by atoms with Gasteiger partial charge in [-0.25, -0.2) is 4.39 Å². The Bertz CT molecular complexity index is 1260. The van der Waals surface area contributed by atoms with Crippen LogP contribution in [0, 0.1) is 12.7 Å². The largest absolute Gasteiger partial charge is 0.507 e. The molecule has 2 aliphatic rings. The van der Waals surface area contributed by atoms with Crippen molar-refractivity contribution >= 4 is 17.4 Å². The predicted molar refractivity (Wildman–Crippen MR) is 129 cm³/mol. The van der Waals surface area contributed by atoms with Crippen LogP contribution in [0.4, 0.5) is 4.39 Å². The minimum absolute atomic E-state index is 0.0253. The van der Waals surface area contributed by atoms with E-state index in [0.29, 0.717) is 24.2 Å². The summed E-state index contributed by atoms with van der Waals surface area (Å²) in [6.45, 7) is 3.98. The van der Waals surface area contributed by atoms with Gasteiger partial charge in [-0.2, -0.15) is 0 Å². The van der Waals surface area contributed by atoms with Crippen LogP contribution < -0.4 is 0 Å². The Morgan fingerprint density at radius 3 is 2.46 bits per heavy atom. The zero-order chi connectivity index (χ0) is 24.5. The third kappa shape index (κ3) is 4.39. The first-order chi connectivity index (χ1) is 16.9. The van der Waals surface area contributed by atoms with E-state index in [-0.39, 0.29) is 22.9 Å². The van der Waals surface area contributed by atoms with Gasteiger partial charge in [-0.3, -0.25) is 14.5 Å². The Kier molecular flexibility index (Phi) is 6.26. The number of nitrogens with zero attached hydrogens (tertiary/aromatic N) is 2. The molecule has 2 saturated heterocycles. The number of Topliss-reactive ketones (excluding diaryl/α,β-unsaturated/α-hetero) is 1. The number of halogens is 1. The summed E-state index contributed by atoms with van der Waals surface area (Å²) >= 11 is 0. The number of carbonyl (C=O) groups is 2. The topological polar surface area (TPSA) is 74.0 Å². The Morgan fingerprint density at radius 2 is 1.80 bits per heavy atom. The van der Waals surface area contributed by atoms with Crippen molar-refractivity contribution in [3.05, 3.63) is 101 Å². The van der Waals surface area contributed by atoms with Crippen molar-refractivity contribution < 1.29 is 23.5 Å². The molecule has 0 aliphatic carbocycles. The minimum Gasteiger partial charge on any atom is -0.507 e. The molecule has 2 aliphatic heterocycles. The lowest BCUT2D eigenvalue weighted by Crippen LogP contribution is -2.46. The highest BCUT2D eigenvalue weighted by atomic mass is 19.1. The number of carbonyl (C=O) groups excluding carboxylic acids is 2. The van der Waals surface area contributed by atoms with Gasteiger partial charge in [0.2, 0.25) is 0 Å². The van der Waals surface area contributed by atoms with E-state index in [1.165, 1.54) is 30.0 Å². The molecule has 3 aromatic rings. The average molecular weight is 475 g/mol. The van der Waals surface area contributed by atoms with Crippen LogP contribution in [-0.2, 0) is 16.1 Å². The number of furan rings is 1. The molecular formula is C28H27FN2O4. The second-order valence-electron chi connectivity index (χ2n) is 9.18. The molecule has 0 radical (unpaired) electrons. The number of hydrogen-bond donors (Lipinski definition) is 1. The number of rotatable bonds is 5. The normalized spacial score (nSPS) is 21.1. The lowest BCUT2D eigenvalue weighted by molar-refractivity contribution is -0.142. The Hall–Kier alpha value is -3.71. The first-order valence-electron chi connectivity index (χ1n) is 11.8. The minimum atomic E-state index is -0.832. The number of aliphatic hydroxyl groups excluding tert-OH is 1. The average Bonchev–Trinajstić information content (AvgIpc) is 3.49. The molecule has 3 heterocycles. The highest BCUT2D eigenvalue weighted by Gasteiger charge is 2.50. The molecule has 1 unspecified atom stereocenters. The van der Waals surface area contributed by atoms with Gasteiger partial charge < -0.3 is 14.4 Å². The monoisotopic (exact) mass is 474 g/mol. The van der Waals surface area contributed by atoms with E-state index in [2.05, 4.69) is 17.0 Å². The zero-order valence-electron chi connectivity index (χ0n) is 19.5. The highest BCUT2D eigenvalue weighted by molar-refractivity contribution is 6.46. The van der Waals surface area contributed by atoms with Crippen LogP contribution >= 0.6 is 0 Å².